The fourth-order valence-electron chi connectivity index (χ4n) is 4.19. The Morgan fingerprint density at radius 2 is 1.82 bits per heavy atom. The van der Waals surface area contributed by atoms with Crippen LogP contribution in [0, 0.1) is 13.8 Å². The van der Waals surface area contributed by atoms with Crippen molar-refractivity contribution >= 4 is 38.7 Å². The van der Waals surface area contributed by atoms with Crippen molar-refractivity contribution in [2.24, 2.45) is 0 Å². The first-order valence-electron chi connectivity index (χ1n) is 11.1. The summed E-state index contributed by atoms with van der Waals surface area (Å²) >= 11 is 1.50. The number of rotatable bonds is 8. The van der Waals surface area contributed by atoms with E-state index in [4.69, 9.17) is 9.15 Å². The molecule has 1 N–H and O–H groups in total. The van der Waals surface area contributed by atoms with Gasteiger partial charge < -0.3 is 9.15 Å². The van der Waals surface area contributed by atoms with Crippen molar-refractivity contribution in [1.29, 1.82) is 0 Å². The predicted molar refractivity (Wildman–Crippen MR) is 133 cm³/mol. The number of hydrogen-bond donors (Lipinski definition) is 1. The van der Waals surface area contributed by atoms with E-state index in [0.717, 1.165) is 34.9 Å². The summed E-state index contributed by atoms with van der Waals surface area (Å²) in [4.78, 5) is 25.6. The zero-order chi connectivity index (χ0) is 24.5. The standard InChI is InChI=1S/C25H27NO6S2/c1-15-7-9-17(10-8-15)34(29,30)26-21(13-14-33-3)25(28)31-22-12-11-19-18-5-4-6-20(18)24(27)32-23(19)16(22)2/h7-12,21,26H,4-6,13-14H2,1-3H3/t21-/m0/s1. The lowest BCUT2D eigenvalue weighted by Crippen LogP contribution is -2.43. The van der Waals surface area contributed by atoms with E-state index < -0.39 is 22.0 Å². The van der Waals surface area contributed by atoms with Crippen LogP contribution < -0.4 is 15.1 Å². The first-order valence-corrected chi connectivity index (χ1v) is 14.0. The van der Waals surface area contributed by atoms with Gasteiger partial charge in [-0.2, -0.15) is 16.5 Å². The molecule has 1 heterocycles. The number of nitrogens with one attached hydrogen (secondary N) is 1. The number of carbonyl (C=O) groups is 1. The SMILES string of the molecule is CSCC[C@H](NS(=O)(=O)c1ccc(C)cc1)C(=O)Oc1ccc2c3c(c(=O)oc2c1C)CCC3. The number of aryl methyl sites for hydroxylation is 3. The van der Waals surface area contributed by atoms with Crippen LogP contribution in [-0.4, -0.2) is 32.4 Å². The van der Waals surface area contributed by atoms with E-state index in [0.29, 0.717) is 23.3 Å². The quantitative estimate of drug-likeness (QED) is 0.284. The van der Waals surface area contributed by atoms with Gasteiger partial charge in [-0.3, -0.25) is 0 Å². The third kappa shape index (κ3) is 4.92. The lowest BCUT2D eigenvalue weighted by atomic mass is 10.0. The molecule has 0 saturated heterocycles. The van der Waals surface area contributed by atoms with E-state index in [2.05, 4.69) is 4.72 Å². The fraction of sp³-hybridized carbons (Fsp3) is 0.360. The molecule has 0 saturated carbocycles. The Hall–Kier alpha value is -2.62. The van der Waals surface area contributed by atoms with E-state index in [1.54, 1.807) is 31.2 Å². The topological polar surface area (TPSA) is 103 Å². The first-order chi connectivity index (χ1) is 16.2. The molecule has 0 fully saturated rings. The molecule has 1 atom stereocenters. The molecule has 2 aromatic carbocycles. The molecular formula is C25H27NO6S2. The highest BCUT2D eigenvalue weighted by molar-refractivity contribution is 7.98. The molecule has 1 aromatic heterocycles. The van der Waals surface area contributed by atoms with Gasteiger partial charge in [0.2, 0.25) is 10.0 Å². The van der Waals surface area contributed by atoms with Crippen LogP contribution in [0.3, 0.4) is 0 Å². The van der Waals surface area contributed by atoms with Crippen molar-refractivity contribution in [3.8, 4) is 5.75 Å². The summed E-state index contributed by atoms with van der Waals surface area (Å²) in [6.07, 6.45) is 4.58. The summed E-state index contributed by atoms with van der Waals surface area (Å²) in [6.45, 7) is 3.59. The lowest BCUT2D eigenvalue weighted by Gasteiger charge is -2.18. The van der Waals surface area contributed by atoms with Gasteiger partial charge in [0.05, 0.1) is 4.90 Å². The zero-order valence-corrected chi connectivity index (χ0v) is 21.0. The fourth-order valence-corrected chi connectivity index (χ4v) is 5.88. The Morgan fingerprint density at radius 3 is 2.53 bits per heavy atom. The number of benzene rings is 2. The van der Waals surface area contributed by atoms with Crippen molar-refractivity contribution in [2.45, 2.75) is 50.5 Å². The molecule has 1 aliphatic carbocycles. The van der Waals surface area contributed by atoms with Crippen LogP contribution in [0.25, 0.3) is 11.0 Å². The highest BCUT2D eigenvalue weighted by atomic mass is 32.2. The van der Waals surface area contributed by atoms with Gasteiger partial charge in [-0.15, -0.1) is 0 Å². The first kappa shape index (κ1) is 24.5. The van der Waals surface area contributed by atoms with E-state index >= 15 is 0 Å². The van der Waals surface area contributed by atoms with Gasteiger partial charge in [-0.1, -0.05) is 17.7 Å². The van der Waals surface area contributed by atoms with Gasteiger partial charge in [0, 0.05) is 16.5 Å². The Balaban J connectivity index is 1.61. The van der Waals surface area contributed by atoms with Crippen LogP contribution in [-0.2, 0) is 27.7 Å². The lowest BCUT2D eigenvalue weighted by molar-refractivity contribution is -0.136. The molecule has 0 spiro atoms. The average molecular weight is 502 g/mol. The van der Waals surface area contributed by atoms with Crippen molar-refractivity contribution in [2.75, 3.05) is 12.0 Å². The summed E-state index contributed by atoms with van der Waals surface area (Å²) in [6, 6.07) is 8.81. The third-order valence-electron chi connectivity index (χ3n) is 6.07. The maximum absolute atomic E-state index is 13.1. The van der Waals surface area contributed by atoms with Gasteiger partial charge >= 0.3 is 11.6 Å². The highest BCUT2D eigenvalue weighted by Crippen LogP contribution is 2.33. The minimum atomic E-state index is -3.92. The average Bonchev–Trinajstić information content (AvgIpc) is 3.30. The zero-order valence-electron chi connectivity index (χ0n) is 19.3. The molecule has 0 radical (unpaired) electrons. The molecule has 0 unspecified atom stereocenters. The third-order valence-corrected chi connectivity index (χ3v) is 8.21. The maximum atomic E-state index is 13.1. The van der Waals surface area contributed by atoms with Gasteiger partial charge in [0.15, 0.2) is 0 Å². The van der Waals surface area contributed by atoms with Crippen LogP contribution in [0.4, 0.5) is 0 Å². The van der Waals surface area contributed by atoms with Gasteiger partial charge in [0.25, 0.3) is 0 Å². The molecule has 3 aromatic rings. The second-order valence-corrected chi connectivity index (χ2v) is 11.2. The van der Waals surface area contributed by atoms with Gasteiger partial charge in [-0.05, 0) is 81.4 Å². The summed E-state index contributed by atoms with van der Waals surface area (Å²) in [7, 11) is -3.92. The normalized spacial score (nSPS) is 14.2. The van der Waals surface area contributed by atoms with Gasteiger partial charge in [-0.25, -0.2) is 18.0 Å². The molecule has 0 aliphatic heterocycles. The number of esters is 1. The predicted octanol–water partition coefficient (Wildman–Crippen LogP) is 3.90. The Labute approximate surface area is 202 Å². The number of carbonyl (C=O) groups excluding carboxylic acids is 1. The molecule has 180 valence electrons. The van der Waals surface area contributed by atoms with Crippen molar-refractivity contribution in [1.82, 2.24) is 4.72 Å². The van der Waals surface area contributed by atoms with E-state index in [1.807, 2.05) is 13.2 Å². The van der Waals surface area contributed by atoms with Crippen molar-refractivity contribution in [3.63, 3.8) is 0 Å². The van der Waals surface area contributed by atoms with Crippen LogP contribution in [0.5, 0.6) is 5.75 Å². The summed E-state index contributed by atoms with van der Waals surface area (Å²) in [5.41, 5.74) is 3.23. The summed E-state index contributed by atoms with van der Waals surface area (Å²) in [5.74, 6) is 0.0893. The molecule has 4 rings (SSSR count). The minimum absolute atomic E-state index is 0.0811. The summed E-state index contributed by atoms with van der Waals surface area (Å²) < 4.78 is 39.5. The van der Waals surface area contributed by atoms with Crippen LogP contribution in [0.2, 0.25) is 0 Å². The van der Waals surface area contributed by atoms with E-state index in [9.17, 15) is 18.0 Å². The van der Waals surface area contributed by atoms with Crippen LogP contribution in [0.1, 0.15) is 35.1 Å². The minimum Gasteiger partial charge on any atom is -0.425 e. The second kappa shape index (κ2) is 9.93. The molecule has 0 bridgehead atoms. The van der Waals surface area contributed by atoms with Crippen LogP contribution >= 0.6 is 11.8 Å². The van der Waals surface area contributed by atoms with E-state index in [1.165, 1.54) is 23.9 Å². The maximum Gasteiger partial charge on any atom is 0.339 e. The molecule has 9 heteroatoms. The number of thioether (sulfide) groups is 1. The van der Waals surface area contributed by atoms with Gasteiger partial charge in [0.1, 0.15) is 17.4 Å². The second-order valence-electron chi connectivity index (χ2n) is 8.46. The van der Waals surface area contributed by atoms with Crippen molar-refractivity contribution in [3.05, 3.63) is 69.1 Å². The largest absolute Gasteiger partial charge is 0.425 e. The highest BCUT2D eigenvalue weighted by Gasteiger charge is 2.28. The number of fused-ring (bicyclic) bond motifs is 3. The molecule has 1 aliphatic rings. The molecular weight excluding hydrogens is 474 g/mol. The van der Waals surface area contributed by atoms with Crippen LogP contribution in [0.15, 0.2) is 50.5 Å². The molecule has 34 heavy (non-hydrogen) atoms. The number of hydrogen-bond acceptors (Lipinski definition) is 7. The van der Waals surface area contributed by atoms with E-state index in [-0.39, 0.29) is 22.7 Å². The Morgan fingerprint density at radius 1 is 1.12 bits per heavy atom. The summed E-state index contributed by atoms with van der Waals surface area (Å²) in [5, 5.41) is 0.850. The Bertz CT molecular complexity index is 1390. The monoisotopic (exact) mass is 501 g/mol. The number of ether oxygens (including phenoxy) is 1. The Kier molecular flexibility index (Phi) is 7.16. The smallest absolute Gasteiger partial charge is 0.339 e. The number of sulfonamides is 1. The molecule has 7 nitrogen and oxygen atoms in total. The van der Waals surface area contributed by atoms with Crippen molar-refractivity contribution < 1.29 is 22.4 Å². The molecule has 0 amide bonds.